The van der Waals surface area contributed by atoms with E-state index in [4.69, 9.17) is 4.74 Å². The number of amides is 1. The molecule has 1 aliphatic carbocycles. The van der Waals surface area contributed by atoms with Crippen LogP contribution in [0.25, 0.3) is 0 Å². The van der Waals surface area contributed by atoms with Gasteiger partial charge in [-0.1, -0.05) is 6.08 Å². The largest absolute Gasteiger partial charge is 0.444 e. The Hall–Kier alpha value is -0.990. The summed E-state index contributed by atoms with van der Waals surface area (Å²) in [6.45, 7) is 9.38. The van der Waals surface area contributed by atoms with E-state index >= 15 is 0 Å². The van der Waals surface area contributed by atoms with Crippen LogP contribution in [0.3, 0.4) is 0 Å². The van der Waals surface area contributed by atoms with Crippen molar-refractivity contribution in [2.75, 3.05) is 0 Å². The van der Waals surface area contributed by atoms with Gasteiger partial charge in [-0.05, 0) is 46.0 Å². The third kappa shape index (κ3) is 4.36. The summed E-state index contributed by atoms with van der Waals surface area (Å²) in [4.78, 5) is 11.5. The Morgan fingerprint density at radius 1 is 1.47 bits per heavy atom. The normalized spacial score (nSPS) is 26.1. The molecule has 15 heavy (non-hydrogen) atoms. The molecule has 1 N–H and O–H groups in total. The number of nitrogens with one attached hydrogen (secondary N) is 1. The Bertz CT molecular complexity index is 242. The van der Waals surface area contributed by atoms with E-state index in [9.17, 15) is 4.79 Å². The molecule has 0 heterocycles. The summed E-state index contributed by atoms with van der Waals surface area (Å²) in [6, 6.07) is 0.253. The van der Waals surface area contributed by atoms with Crippen molar-refractivity contribution in [1.82, 2.24) is 5.32 Å². The molecule has 0 aromatic rings. The number of hydrogen-bond acceptors (Lipinski definition) is 2. The van der Waals surface area contributed by atoms with E-state index < -0.39 is 5.60 Å². The van der Waals surface area contributed by atoms with Crippen molar-refractivity contribution in [1.29, 1.82) is 0 Å². The van der Waals surface area contributed by atoms with Crippen LogP contribution in [0.5, 0.6) is 0 Å². The molecule has 0 aliphatic heterocycles. The minimum Gasteiger partial charge on any atom is -0.444 e. The maximum atomic E-state index is 11.5. The summed E-state index contributed by atoms with van der Waals surface area (Å²) in [7, 11) is 0. The standard InChI is InChI=1S/C12H21NO2/c1-5-9-6-7-10(8-9)13-11(14)15-12(2,3)4/h5,9-10H,1,6-8H2,2-4H3,(H,13,14)/t9-,10+/m1/s1. The molecule has 1 aliphatic rings. The Kier molecular flexibility index (Phi) is 3.77. The zero-order valence-electron chi connectivity index (χ0n) is 9.88. The van der Waals surface area contributed by atoms with Gasteiger partial charge in [-0.25, -0.2) is 4.79 Å². The second kappa shape index (κ2) is 4.69. The van der Waals surface area contributed by atoms with Crippen LogP contribution in [0, 0.1) is 5.92 Å². The lowest BCUT2D eigenvalue weighted by Crippen LogP contribution is -2.37. The minimum absolute atomic E-state index is 0.253. The van der Waals surface area contributed by atoms with Crippen LogP contribution in [0.1, 0.15) is 40.0 Å². The lowest BCUT2D eigenvalue weighted by Gasteiger charge is -2.21. The van der Waals surface area contributed by atoms with Gasteiger partial charge < -0.3 is 10.1 Å². The van der Waals surface area contributed by atoms with Gasteiger partial charge in [0, 0.05) is 6.04 Å². The van der Waals surface area contributed by atoms with Crippen molar-refractivity contribution in [3.63, 3.8) is 0 Å². The van der Waals surface area contributed by atoms with Crippen molar-refractivity contribution in [2.24, 2.45) is 5.92 Å². The van der Waals surface area contributed by atoms with Crippen molar-refractivity contribution in [3.05, 3.63) is 12.7 Å². The first kappa shape index (κ1) is 12.1. The fourth-order valence-electron chi connectivity index (χ4n) is 1.84. The van der Waals surface area contributed by atoms with Gasteiger partial charge in [0.1, 0.15) is 5.60 Å². The lowest BCUT2D eigenvalue weighted by molar-refractivity contribution is 0.0505. The zero-order chi connectivity index (χ0) is 11.5. The molecule has 1 amide bonds. The van der Waals surface area contributed by atoms with E-state index in [1.807, 2.05) is 26.8 Å². The molecule has 3 nitrogen and oxygen atoms in total. The van der Waals surface area contributed by atoms with Gasteiger partial charge in [-0.3, -0.25) is 0 Å². The van der Waals surface area contributed by atoms with Crippen LogP contribution in [0.2, 0.25) is 0 Å². The van der Waals surface area contributed by atoms with Crippen LogP contribution in [-0.4, -0.2) is 17.7 Å². The monoisotopic (exact) mass is 211 g/mol. The number of allylic oxidation sites excluding steroid dienone is 1. The van der Waals surface area contributed by atoms with Gasteiger partial charge in [-0.15, -0.1) is 6.58 Å². The van der Waals surface area contributed by atoms with Gasteiger partial charge >= 0.3 is 6.09 Å². The van der Waals surface area contributed by atoms with Crippen molar-refractivity contribution in [3.8, 4) is 0 Å². The molecule has 0 unspecified atom stereocenters. The third-order valence-corrected chi connectivity index (χ3v) is 2.53. The third-order valence-electron chi connectivity index (χ3n) is 2.53. The predicted molar refractivity (Wildman–Crippen MR) is 60.7 cm³/mol. The summed E-state index contributed by atoms with van der Waals surface area (Å²) in [5.41, 5.74) is -0.416. The second-order valence-corrected chi connectivity index (χ2v) is 5.15. The summed E-state index contributed by atoms with van der Waals surface area (Å²) < 4.78 is 5.19. The first-order valence-corrected chi connectivity index (χ1v) is 5.53. The number of carbonyl (C=O) groups excluding carboxylic acids is 1. The maximum Gasteiger partial charge on any atom is 0.407 e. The molecule has 0 bridgehead atoms. The van der Waals surface area contributed by atoms with Crippen LogP contribution in [0.15, 0.2) is 12.7 Å². The topological polar surface area (TPSA) is 38.3 Å². The van der Waals surface area contributed by atoms with Crippen LogP contribution in [-0.2, 0) is 4.74 Å². The van der Waals surface area contributed by atoms with Crippen molar-refractivity contribution >= 4 is 6.09 Å². The second-order valence-electron chi connectivity index (χ2n) is 5.15. The number of hydrogen-bond donors (Lipinski definition) is 1. The zero-order valence-corrected chi connectivity index (χ0v) is 9.88. The summed E-state index contributed by atoms with van der Waals surface area (Å²) in [6.07, 6.45) is 4.79. The minimum atomic E-state index is -0.416. The molecule has 1 saturated carbocycles. The molecular formula is C12H21NO2. The number of carbonyl (C=O) groups is 1. The summed E-state index contributed by atoms with van der Waals surface area (Å²) in [5, 5.41) is 2.89. The average Bonchev–Trinajstić information content (AvgIpc) is 2.48. The van der Waals surface area contributed by atoms with E-state index in [1.165, 1.54) is 0 Å². The Labute approximate surface area is 91.9 Å². The Morgan fingerprint density at radius 2 is 2.13 bits per heavy atom. The predicted octanol–water partition coefficient (Wildman–Crippen LogP) is 2.87. The summed E-state index contributed by atoms with van der Waals surface area (Å²) >= 11 is 0. The van der Waals surface area contributed by atoms with E-state index in [1.54, 1.807) is 0 Å². The van der Waals surface area contributed by atoms with Crippen molar-refractivity contribution < 1.29 is 9.53 Å². The quantitative estimate of drug-likeness (QED) is 0.713. The highest BCUT2D eigenvalue weighted by atomic mass is 16.6. The number of ether oxygens (including phenoxy) is 1. The molecule has 0 spiro atoms. The highest BCUT2D eigenvalue weighted by Gasteiger charge is 2.25. The summed E-state index contributed by atoms with van der Waals surface area (Å²) in [5.74, 6) is 0.546. The first-order valence-electron chi connectivity index (χ1n) is 5.53. The first-order chi connectivity index (χ1) is 6.90. The van der Waals surface area contributed by atoms with Gasteiger partial charge in [0.05, 0.1) is 0 Å². The van der Waals surface area contributed by atoms with Gasteiger partial charge in [0.25, 0.3) is 0 Å². The van der Waals surface area contributed by atoms with Gasteiger partial charge in [0.15, 0.2) is 0 Å². The Morgan fingerprint density at radius 3 is 2.60 bits per heavy atom. The van der Waals surface area contributed by atoms with E-state index in [2.05, 4.69) is 11.9 Å². The molecule has 0 aromatic heterocycles. The fraction of sp³-hybridized carbons (Fsp3) is 0.750. The van der Waals surface area contributed by atoms with Crippen LogP contribution < -0.4 is 5.32 Å². The molecule has 0 aromatic carbocycles. The lowest BCUT2D eigenvalue weighted by atomic mass is 10.1. The average molecular weight is 211 g/mol. The molecule has 86 valence electrons. The van der Waals surface area contributed by atoms with Crippen LogP contribution >= 0.6 is 0 Å². The highest BCUT2D eigenvalue weighted by Crippen LogP contribution is 2.26. The molecule has 0 radical (unpaired) electrons. The molecule has 1 fully saturated rings. The fourth-order valence-corrected chi connectivity index (χ4v) is 1.84. The maximum absolute atomic E-state index is 11.5. The smallest absolute Gasteiger partial charge is 0.407 e. The molecular weight excluding hydrogens is 190 g/mol. The van der Waals surface area contributed by atoms with Crippen LogP contribution in [0.4, 0.5) is 4.79 Å². The van der Waals surface area contributed by atoms with Crippen molar-refractivity contribution in [2.45, 2.75) is 51.7 Å². The highest BCUT2D eigenvalue weighted by molar-refractivity contribution is 5.68. The molecule has 0 saturated heterocycles. The molecule has 3 heteroatoms. The van der Waals surface area contributed by atoms with E-state index in [0.29, 0.717) is 5.92 Å². The SMILES string of the molecule is C=C[C@@H]1CC[C@H](NC(=O)OC(C)(C)C)C1. The van der Waals surface area contributed by atoms with Gasteiger partial charge in [-0.2, -0.15) is 0 Å². The van der Waals surface area contributed by atoms with E-state index in [-0.39, 0.29) is 12.1 Å². The van der Waals surface area contributed by atoms with Gasteiger partial charge in [0.2, 0.25) is 0 Å². The molecule has 1 rings (SSSR count). The number of alkyl carbamates (subject to hydrolysis) is 1. The van der Waals surface area contributed by atoms with E-state index in [0.717, 1.165) is 19.3 Å². The number of rotatable bonds is 2. The molecule has 2 atom stereocenters. The Balaban J connectivity index is 2.31.